The molecule has 0 aromatic heterocycles. The van der Waals surface area contributed by atoms with Crippen molar-refractivity contribution in [3.63, 3.8) is 0 Å². The van der Waals surface area contributed by atoms with Crippen molar-refractivity contribution < 1.29 is 27.8 Å². The number of nitrogens with one attached hydrogen (secondary N) is 1. The Morgan fingerprint density at radius 3 is 2.65 bits per heavy atom. The monoisotopic (exact) mass is 331 g/mol. The van der Waals surface area contributed by atoms with E-state index >= 15 is 0 Å². The molecule has 2 bridgehead atoms. The summed E-state index contributed by atoms with van der Waals surface area (Å²) in [6.45, 7) is 2.25. The van der Waals surface area contributed by atoms with Crippen molar-refractivity contribution in [2.45, 2.75) is 82.0 Å². The Morgan fingerprint density at radius 2 is 1.96 bits per heavy atom. The van der Waals surface area contributed by atoms with Gasteiger partial charge < -0.3 is 10.1 Å². The van der Waals surface area contributed by atoms with Crippen molar-refractivity contribution in [1.29, 1.82) is 0 Å². The number of hydrogen-bond acceptors (Lipinski definition) is 4. The molecule has 0 spiro atoms. The van der Waals surface area contributed by atoms with Gasteiger partial charge in [0.25, 0.3) is 0 Å². The number of alkyl halides is 2. The third-order valence-electron chi connectivity index (χ3n) is 5.85. The summed E-state index contributed by atoms with van der Waals surface area (Å²) in [6, 6.07) is 0. The van der Waals surface area contributed by atoms with E-state index in [0.717, 1.165) is 19.3 Å². The van der Waals surface area contributed by atoms with Crippen LogP contribution in [0.5, 0.6) is 0 Å². The van der Waals surface area contributed by atoms with Crippen LogP contribution in [-0.4, -0.2) is 42.7 Å². The Morgan fingerprint density at radius 1 is 1.22 bits per heavy atom. The van der Waals surface area contributed by atoms with Gasteiger partial charge in [-0.2, -0.15) is 0 Å². The summed E-state index contributed by atoms with van der Waals surface area (Å²) >= 11 is 0. The van der Waals surface area contributed by atoms with E-state index < -0.39 is 18.5 Å². The van der Waals surface area contributed by atoms with Crippen LogP contribution in [-0.2, 0) is 19.0 Å². The summed E-state index contributed by atoms with van der Waals surface area (Å²) in [5.74, 6) is -0.106. The second-order valence-corrected chi connectivity index (χ2v) is 8.01. The van der Waals surface area contributed by atoms with Crippen LogP contribution in [0.15, 0.2) is 0 Å². The van der Waals surface area contributed by atoms with E-state index in [4.69, 9.17) is 4.74 Å². The third kappa shape index (κ3) is 2.98. The molecule has 5 fully saturated rings. The summed E-state index contributed by atoms with van der Waals surface area (Å²) in [6.07, 6.45) is 0.818. The summed E-state index contributed by atoms with van der Waals surface area (Å²) in [7, 11) is 0. The molecule has 3 atom stereocenters. The molecule has 0 aromatic rings. The third-order valence-corrected chi connectivity index (χ3v) is 5.85. The average Bonchev–Trinajstić information content (AvgIpc) is 3.01. The molecule has 4 aliphatic carbocycles. The summed E-state index contributed by atoms with van der Waals surface area (Å²) in [5, 5.41) is 3.11. The molecule has 5 nitrogen and oxygen atoms in total. The number of halogens is 2. The van der Waals surface area contributed by atoms with E-state index in [1.807, 2.05) is 0 Å². The van der Waals surface area contributed by atoms with Crippen molar-refractivity contribution in [1.82, 2.24) is 5.32 Å². The minimum Gasteiger partial charge on any atom is -0.368 e. The quantitative estimate of drug-likeness (QED) is 0.859. The molecule has 5 rings (SSSR count). The number of ether oxygens (including phenoxy) is 3. The molecule has 4 saturated carbocycles. The molecule has 0 radical (unpaired) electrons. The molecule has 130 valence electrons. The maximum atomic E-state index is 13.0. The Labute approximate surface area is 134 Å². The number of rotatable bonds is 4. The summed E-state index contributed by atoms with van der Waals surface area (Å²) < 4.78 is 40.9. The largest absolute Gasteiger partial charge is 0.486 e. The van der Waals surface area contributed by atoms with Crippen LogP contribution in [0.1, 0.15) is 51.9 Å². The lowest BCUT2D eigenvalue weighted by Crippen LogP contribution is -2.55. The first-order valence-corrected chi connectivity index (χ1v) is 8.43. The van der Waals surface area contributed by atoms with Crippen molar-refractivity contribution in [2.75, 3.05) is 6.61 Å². The molecule has 1 aliphatic heterocycles. The van der Waals surface area contributed by atoms with Crippen molar-refractivity contribution >= 4 is 5.91 Å². The molecule has 1 N–H and O–H groups in total. The predicted octanol–water partition coefficient (Wildman–Crippen LogP) is 2.34. The Hall–Kier alpha value is -0.790. The van der Waals surface area contributed by atoms with E-state index in [-0.39, 0.29) is 24.2 Å². The Balaban J connectivity index is 1.22. The Bertz CT molecular complexity index is 506. The number of carbonyl (C=O) groups is 1. The zero-order chi connectivity index (χ0) is 16.3. The van der Waals surface area contributed by atoms with Gasteiger partial charge in [-0.1, -0.05) is 6.92 Å². The normalized spacial score (nSPS) is 47.0. The minimum absolute atomic E-state index is 0.0161. The molecular weight excluding hydrogens is 308 g/mol. The zero-order valence-electron chi connectivity index (χ0n) is 13.3. The number of carbonyl (C=O) groups excluding carboxylic acids is 1. The highest BCUT2D eigenvalue weighted by Crippen LogP contribution is 2.60. The number of fused-ring (bicyclic) bond motifs is 2. The molecule has 3 unspecified atom stereocenters. The van der Waals surface area contributed by atoms with Crippen molar-refractivity contribution in [3.05, 3.63) is 0 Å². The van der Waals surface area contributed by atoms with Gasteiger partial charge in [0.05, 0.1) is 18.3 Å². The van der Waals surface area contributed by atoms with Gasteiger partial charge in [0.1, 0.15) is 6.61 Å². The fourth-order valence-corrected chi connectivity index (χ4v) is 5.01. The molecular formula is C16H23F2NO4. The van der Waals surface area contributed by atoms with Crippen molar-refractivity contribution in [3.8, 4) is 0 Å². The maximum Gasteiger partial charge on any atom is 0.486 e. The van der Waals surface area contributed by atoms with Crippen LogP contribution in [0.25, 0.3) is 0 Å². The Kier molecular flexibility index (Phi) is 3.49. The average molecular weight is 331 g/mol. The minimum atomic E-state index is -3.49. The first kappa shape index (κ1) is 15.7. The van der Waals surface area contributed by atoms with E-state index in [9.17, 15) is 13.6 Å². The van der Waals surface area contributed by atoms with Gasteiger partial charge >= 0.3 is 6.29 Å². The standard InChI is InChI=1S/C16H23F2NO4/c1-14-4-5-15(8-14,9-14)19-13(20)7-21-10-2-3-11-12(6-10)23-16(17,18)22-11/h10-12H,2-9H2,1H3,(H,19,20). The molecule has 0 aromatic carbocycles. The van der Waals surface area contributed by atoms with Crippen LogP contribution in [0.4, 0.5) is 8.78 Å². The molecule has 7 heteroatoms. The lowest BCUT2D eigenvalue weighted by atomic mass is 9.66. The lowest BCUT2D eigenvalue weighted by molar-refractivity contribution is -0.351. The van der Waals surface area contributed by atoms with Crippen LogP contribution in [0.3, 0.4) is 0 Å². The highest BCUT2D eigenvalue weighted by Gasteiger charge is 2.58. The van der Waals surface area contributed by atoms with Gasteiger partial charge in [0.15, 0.2) is 0 Å². The van der Waals surface area contributed by atoms with E-state index in [1.54, 1.807) is 0 Å². The first-order chi connectivity index (χ1) is 10.8. The molecule has 1 heterocycles. The van der Waals surface area contributed by atoms with Gasteiger partial charge in [-0.05, 0) is 43.9 Å². The van der Waals surface area contributed by atoms with Crippen molar-refractivity contribution in [2.24, 2.45) is 5.41 Å². The van der Waals surface area contributed by atoms with Crippen LogP contribution >= 0.6 is 0 Å². The van der Waals surface area contributed by atoms with Gasteiger partial charge in [0.2, 0.25) is 5.91 Å². The summed E-state index contributed by atoms with van der Waals surface area (Å²) in [5.41, 5.74) is 0.398. The SMILES string of the molecule is CC12CCC(NC(=O)COC3CCC4OC(F)(F)OC4C3)(C1)C2. The second-order valence-electron chi connectivity index (χ2n) is 8.01. The maximum absolute atomic E-state index is 13.0. The number of hydrogen-bond donors (Lipinski definition) is 1. The second kappa shape index (κ2) is 5.10. The topological polar surface area (TPSA) is 56.8 Å². The summed E-state index contributed by atoms with van der Waals surface area (Å²) in [4.78, 5) is 12.1. The fourth-order valence-electron chi connectivity index (χ4n) is 5.01. The van der Waals surface area contributed by atoms with E-state index in [2.05, 4.69) is 21.7 Å². The molecule has 5 aliphatic rings. The lowest BCUT2D eigenvalue weighted by Gasteiger charge is -2.46. The van der Waals surface area contributed by atoms with Crippen LogP contribution < -0.4 is 5.32 Å². The highest BCUT2D eigenvalue weighted by atomic mass is 19.3. The number of amides is 1. The predicted molar refractivity (Wildman–Crippen MR) is 75.7 cm³/mol. The van der Waals surface area contributed by atoms with Crippen LogP contribution in [0, 0.1) is 5.41 Å². The smallest absolute Gasteiger partial charge is 0.368 e. The fraction of sp³-hybridized carbons (Fsp3) is 0.938. The molecule has 1 saturated heterocycles. The van der Waals surface area contributed by atoms with Crippen LogP contribution in [0.2, 0.25) is 0 Å². The van der Waals surface area contributed by atoms with Gasteiger partial charge in [-0.15, -0.1) is 8.78 Å². The van der Waals surface area contributed by atoms with E-state index in [0.29, 0.717) is 24.7 Å². The van der Waals surface area contributed by atoms with Gasteiger partial charge in [-0.3, -0.25) is 14.3 Å². The van der Waals surface area contributed by atoms with E-state index in [1.165, 1.54) is 6.42 Å². The highest BCUT2D eigenvalue weighted by molar-refractivity contribution is 5.78. The van der Waals surface area contributed by atoms with Gasteiger partial charge in [0, 0.05) is 12.0 Å². The molecule has 23 heavy (non-hydrogen) atoms. The molecule has 1 amide bonds. The zero-order valence-corrected chi connectivity index (χ0v) is 13.3. The first-order valence-electron chi connectivity index (χ1n) is 8.43. The van der Waals surface area contributed by atoms with Gasteiger partial charge in [-0.25, -0.2) is 0 Å².